The van der Waals surface area contributed by atoms with Gasteiger partial charge >= 0.3 is 5.97 Å². The average Bonchev–Trinajstić information content (AvgIpc) is 2.15. The minimum absolute atomic E-state index is 0.301. The van der Waals surface area contributed by atoms with Crippen LogP contribution in [0.15, 0.2) is 17.0 Å². The first kappa shape index (κ1) is 13.1. The van der Waals surface area contributed by atoms with Crippen molar-refractivity contribution in [1.29, 1.82) is 0 Å². The van der Waals surface area contributed by atoms with Crippen molar-refractivity contribution in [2.24, 2.45) is 5.92 Å². The molecule has 0 saturated carbocycles. The molecule has 0 aliphatic carbocycles. The number of aryl methyl sites for hydroxylation is 3. The summed E-state index contributed by atoms with van der Waals surface area (Å²) in [4.78, 5) is 12.0. The fraction of sp³-hybridized carbons (Fsp3) is 0.462. The first-order valence-electron chi connectivity index (χ1n) is 5.35. The molecule has 88 valence electrons. The Hall–Kier alpha value is -0.960. The van der Waals surface area contributed by atoms with E-state index in [9.17, 15) is 4.79 Å². The van der Waals surface area contributed by atoms with Gasteiger partial charge in [-0.05, 0) is 31.9 Å². The monoisotopic (exact) mass is 238 g/mol. The van der Waals surface area contributed by atoms with Crippen molar-refractivity contribution in [1.82, 2.24) is 0 Å². The zero-order chi connectivity index (χ0) is 12.3. The molecular formula is C13H18O2S. The number of thioether (sulfide) groups is 1. The van der Waals surface area contributed by atoms with Crippen molar-refractivity contribution in [3.8, 4) is 0 Å². The Balaban J connectivity index is 2.78. The third-order valence-electron chi connectivity index (χ3n) is 2.50. The van der Waals surface area contributed by atoms with Gasteiger partial charge in [0.15, 0.2) is 0 Å². The highest BCUT2D eigenvalue weighted by atomic mass is 32.2. The Morgan fingerprint density at radius 2 is 1.81 bits per heavy atom. The molecule has 0 aliphatic heterocycles. The summed E-state index contributed by atoms with van der Waals surface area (Å²) in [6, 6.07) is 4.28. The molecule has 1 atom stereocenters. The molecule has 2 nitrogen and oxygen atoms in total. The van der Waals surface area contributed by atoms with Gasteiger partial charge in [0.05, 0.1) is 5.92 Å². The van der Waals surface area contributed by atoms with Gasteiger partial charge in [0, 0.05) is 10.6 Å². The van der Waals surface area contributed by atoms with Crippen LogP contribution in [0.3, 0.4) is 0 Å². The molecule has 1 N–H and O–H groups in total. The lowest BCUT2D eigenvalue weighted by Gasteiger charge is -2.12. The van der Waals surface area contributed by atoms with Gasteiger partial charge < -0.3 is 5.11 Å². The largest absolute Gasteiger partial charge is 0.481 e. The molecule has 1 aromatic rings. The summed E-state index contributed by atoms with van der Waals surface area (Å²) in [5.74, 6) is -0.403. The molecule has 0 heterocycles. The number of rotatable bonds is 4. The molecule has 0 aromatic heterocycles. The first-order valence-corrected chi connectivity index (χ1v) is 6.34. The quantitative estimate of drug-likeness (QED) is 0.817. The average molecular weight is 238 g/mol. The minimum Gasteiger partial charge on any atom is -0.481 e. The zero-order valence-corrected chi connectivity index (χ0v) is 11.0. The summed E-state index contributed by atoms with van der Waals surface area (Å²) in [7, 11) is 0. The predicted molar refractivity (Wildman–Crippen MR) is 68.2 cm³/mol. The topological polar surface area (TPSA) is 37.3 Å². The highest BCUT2D eigenvalue weighted by molar-refractivity contribution is 7.99. The van der Waals surface area contributed by atoms with Crippen LogP contribution in [0.4, 0.5) is 0 Å². The molecule has 0 radical (unpaired) electrons. The third kappa shape index (κ3) is 3.27. The lowest BCUT2D eigenvalue weighted by molar-refractivity contribution is -0.140. The fourth-order valence-corrected chi connectivity index (χ4v) is 2.81. The molecular weight excluding hydrogens is 220 g/mol. The second-order valence-corrected chi connectivity index (χ2v) is 5.31. The molecule has 0 amide bonds. The van der Waals surface area contributed by atoms with Crippen molar-refractivity contribution in [2.75, 3.05) is 5.75 Å². The molecule has 1 unspecified atom stereocenters. The zero-order valence-electron chi connectivity index (χ0n) is 10.2. The SMILES string of the molecule is Cc1cc(C)c(SCC(C)C(=O)O)c(C)c1. The summed E-state index contributed by atoms with van der Waals surface area (Å²) >= 11 is 1.64. The number of benzene rings is 1. The van der Waals surface area contributed by atoms with E-state index in [1.165, 1.54) is 21.6 Å². The van der Waals surface area contributed by atoms with Gasteiger partial charge in [0.25, 0.3) is 0 Å². The van der Waals surface area contributed by atoms with Crippen LogP contribution in [0, 0.1) is 26.7 Å². The first-order chi connectivity index (χ1) is 7.41. The molecule has 0 fully saturated rings. The summed E-state index contributed by atoms with van der Waals surface area (Å²) in [5, 5.41) is 8.83. The number of aliphatic carboxylic acids is 1. The number of carboxylic acid groups (broad SMARTS) is 1. The van der Waals surface area contributed by atoms with Crippen LogP contribution in [0.2, 0.25) is 0 Å². The maximum atomic E-state index is 10.7. The van der Waals surface area contributed by atoms with E-state index in [4.69, 9.17) is 5.11 Å². The van der Waals surface area contributed by atoms with Crippen LogP contribution >= 0.6 is 11.8 Å². The normalized spacial score (nSPS) is 12.5. The molecule has 3 heteroatoms. The molecule has 16 heavy (non-hydrogen) atoms. The number of carboxylic acids is 1. The van der Waals surface area contributed by atoms with Gasteiger partial charge in [-0.1, -0.05) is 24.6 Å². The van der Waals surface area contributed by atoms with Gasteiger partial charge in [0.2, 0.25) is 0 Å². The number of hydrogen-bond donors (Lipinski definition) is 1. The molecule has 0 aliphatic rings. The van der Waals surface area contributed by atoms with Gasteiger partial charge in [-0.25, -0.2) is 0 Å². The van der Waals surface area contributed by atoms with E-state index >= 15 is 0 Å². The lowest BCUT2D eigenvalue weighted by Crippen LogP contribution is -2.11. The van der Waals surface area contributed by atoms with Crippen molar-refractivity contribution >= 4 is 17.7 Å². The summed E-state index contributed by atoms with van der Waals surface area (Å²) in [5.41, 5.74) is 3.73. The standard InChI is InChI=1S/C13H18O2S/c1-8-5-9(2)12(10(3)6-8)16-7-11(4)13(14)15/h5-6,11H,7H2,1-4H3,(H,14,15). The molecule has 0 saturated heterocycles. The smallest absolute Gasteiger partial charge is 0.307 e. The second kappa shape index (κ2) is 5.39. The van der Waals surface area contributed by atoms with E-state index in [1.807, 2.05) is 0 Å². The highest BCUT2D eigenvalue weighted by Crippen LogP contribution is 2.28. The van der Waals surface area contributed by atoms with Crippen LogP contribution in [0.25, 0.3) is 0 Å². The predicted octanol–water partition coefficient (Wildman–Crippen LogP) is 3.42. The summed E-state index contributed by atoms with van der Waals surface area (Å²) in [6.45, 7) is 7.98. The molecule has 0 bridgehead atoms. The van der Waals surface area contributed by atoms with Crippen LogP contribution in [0.1, 0.15) is 23.6 Å². The van der Waals surface area contributed by atoms with Crippen LogP contribution < -0.4 is 0 Å². The van der Waals surface area contributed by atoms with E-state index in [0.29, 0.717) is 5.75 Å². The number of hydrogen-bond acceptors (Lipinski definition) is 2. The lowest BCUT2D eigenvalue weighted by atomic mass is 10.1. The van der Waals surface area contributed by atoms with Gasteiger partial charge in [0.1, 0.15) is 0 Å². The van der Waals surface area contributed by atoms with E-state index < -0.39 is 5.97 Å². The minimum atomic E-state index is -0.727. The third-order valence-corrected chi connectivity index (χ3v) is 4.10. The van der Waals surface area contributed by atoms with Crippen molar-refractivity contribution < 1.29 is 9.90 Å². The molecule has 1 rings (SSSR count). The van der Waals surface area contributed by atoms with Crippen LogP contribution in [-0.4, -0.2) is 16.8 Å². The van der Waals surface area contributed by atoms with E-state index in [1.54, 1.807) is 18.7 Å². The number of carbonyl (C=O) groups is 1. The van der Waals surface area contributed by atoms with Crippen molar-refractivity contribution in [3.05, 3.63) is 28.8 Å². The molecule has 0 spiro atoms. The fourth-order valence-electron chi connectivity index (χ4n) is 1.67. The Kier molecular flexibility index (Phi) is 4.42. The Morgan fingerprint density at radius 1 is 1.31 bits per heavy atom. The van der Waals surface area contributed by atoms with E-state index in [-0.39, 0.29) is 5.92 Å². The highest BCUT2D eigenvalue weighted by Gasteiger charge is 2.13. The summed E-state index contributed by atoms with van der Waals surface area (Å²) < 4.78 is 0. The molecule has 1 aromatic carbocycles. The van der Waals surface area contributed by atoms with Crippen molar-refractivity contribution in [2.45, 2.75) is 32.6 Å². The maximum Gasteiger partial charge on any atom is 0.307 e. The van der Waals surface area contributed by atoms with Crippen LogP contribution in [-0.2, 0) is 4.79 Å². The summed E-state index contributed by atoms with van der Waals surface area (Å²) in [6.07, 6.45) is 0. The Morgan fingerprint density at radius 3 is 2.25 bits per heavy atom. The Labute approximate surface area is 101 Å². The van der Waals surface area contributed by atoms with Crippen LogP contribution in [0.5, 0.6) is 0 Å². The van der Waals surface area contributed by atoms with Gasteiger partial charge in [-0.3, -0.25) is 4.79 Å². The Bertz CT molecular complexity index is 376. The van der Waals surface area contributed by atoms with Gasteiger partial charge in [-0.2, -0.15) is 0 Å². The van der Waals surface area contributed by atoms with E-state index in [0.717, 1.165) is 0 Å². The van der Waals surface area contributed by atoms with E-state index in [2.05, 4.69) is 32.9 Å². The van der Waals surface area contributed by atoms with Gasteiger partial charge in [-0.15, -0.1) is 11.8 Å². The van der Waals surface area contributed by atoms with Crippen molar-refractivity contribution in [3.63, 3.8) is 0 Å². The maximum absolute atomic E-state index is 10.7. The second-order valence-electron chi connectivity index (χ2n) is 4.28.